The van der Waals surface area contributed by atoms with Gasteiger partial charge in [0.25, 0.3) is 10.0 Å². The number of rotatable bonds is 4. The van der Waals surface area contributed by atoms with Gasteiger partial charge in [0, 0.05) is 12.5 Å². The lowest BCUT2D eigenvalue weighted by molar-refractivity contribution is -0.886. The first kappa shape index (κ1) is 19.1. The molecule has 150 valence electrons. The van der Waals surface area contributed by atoms with Gasteiger partial charge in [-0.25, -0.2) is 8.42 Å². The number of nitrogens with one attached hydrogen (secondary N) is 1. The summed E-state index contributed by atoms with van der Waals surface area (Å²) < 4.78 is 39.7. The van der Waals surface area contributed by atoms with E-state index in [4.69, 9.17) is 9.47 Å². The largest absolute Gasteiger partial charge is 0.493 e. The maximum atomic E-state index is 13.7. The van der Waals surface area contributed by atoms with Crippen LogP contribution in [0.25, 0.3) is 0 Å². The maximum Gasteiger partial charge on any atom is 0.264 e. The standard InChI is InChI=1S/C21H26N2O4S/c1-14-5-7-18-16(11-14)17-13-22(2)10-9-19(17)23(18)28(24,25)15-6-8-20(26-3)21(12-15)27-4/h5-8,11-12,17,19H,9-10,13H2,1-4H3/p+1/t17-,19+/m1/s1. The molecule has 2 aliphatic heterocycles. The van der Waals surface area contributed by atoms with Gasteiger partial charge in [0.05, 0.1) is 56.9 Å². The second kappa shape index (κ2) is 6.97. The van der Waals surface area contributed by atoms with Crippen molar-refractivity contribution >= 4 is 15.7 Å². The van der Waals surface area contributed by atoms with Crippen molar-refractivity contribution in [2.75, 3.05) is 38.7 Å². The molecule has 4 rings (SSSR count). The summed E-state index contributed by atoms with van der Waals surface area (Å²) in [6.07, 6.45) is 0.844. The second-order valence-corrected chi connectivity index (χ2v) is 9.57. The fourth-order valence-electron chi connectivity index (χ4n) is 4.56. The van der Waals surface area contributed by atoms with Crippen molar-refractivity contribution in [2.45, 2.75) is 30.2 Å². The number of methoxy groups -OCH3 is 2. The van der Waals surface area contributed by atoms with E-state index in [1.165, 1.54) is 19.1 Å². The molecule has 1 N–H and O–H groups in total. The molecule has 0 saturated carbocycles. The van der Waals surface area contributed by atoms with Gasteiger partial charge in [-0.2, -0.15) is 0 Å². The van der Waals surface area contributed by atoms with Crippen LogP contribution >= 0.6 is 0 Å². The molecular weight excluding hydrogens is 376 g/mol. The molecule has 0 aliphatic carbocycles. The van der Waals surface area contributed by atoms with Crippen LogP contribution in [-0.4, -0.2) is 48.8 Å². The Balaban J connectivity index is 1.83. The first-order chi connectivity index (χ1) is 13.4. The van der Waals surface area contributed by atoms with Crippen molar-refractivity contribution in [1.29, 1.82) is 0 Å². The average molecular weight is 404 g/mol. The average Bonchev–Trinajstić information content (AvgIpc) is 3.00. The number of anilines is 1. The molecule has 6 nitrogen and oxygen atoms in total. The Hall–Kier alpha value is -2.25. The molecule has 2 aliphatic rings. The Morgan fingerprint density at radius 2 is 1.82 bits per heavy atom. The molecule has 3 atom stereocenters. The fourth-order valence-corrected chi connectivity index (χ4v) is 6.31. The molecule has 0 radical (unpaired) electrons. The zero-order valence-corrected chi connectivity index (χ0v) is 17.5. The number of fused-ring (bicyclic) bond motifs is 3. The number of quaternary nitrogens is 1. The number of sulfonamides is 1. The third-order valence-corrected chi connectivity index (χ3v) is 7.77. The fraction of sp³-hybridized carbons (Fsp3) is 0.429. The van der Waals surface area contributed by atoms with Gasteiger partial charge in [0.2, 0.25) is 0 Å². The predicted molar refractivity (Wildman–Crippen MR) is 108 cm³/mol. The number of aryl methyl sites for hydroxylation is 1. The number of likely N-dealkylation sites (N-methyl/N-ethyl adjacent to an activating group) is 1. The normalized spacial score (nSPS) is 23.9. The van der Waals surface area contributed by atoms with E-state index in [1.54, 1.807) is 22.5 Å². The Labute approximate surface area is 166 Å². The summed E-state index contributed by atoms with van der Waals surface area (Å²) in [6, 6.07) is 10.8. The summed E-state index contributed by atoms with van der Waals surface area (Å²) in [4.78, 5) is 1.67. The van der Waals surface area contributed by atoms with Gasteiger partial charge in [-0.3, -0.25) is 4.31 Å². The molecule has 2 heterocycles. The maximum absolute atomic E-state index is 13.7. The van der Waals surface area contributed by atoms with E-state index in [1.807, 2.05) is 12.1 Å². The number of likely N-dealkylation sites (tertiary alicyclic amines) is 1. The molecule has 2 aromatic rings. The molecule has 2 aromatic carbocycles. The van der Waals surface area contributed by atoms with Gasteiger partial charge in [-0.05, 0) is 30.7 Å². The lowest BCUT2D eigenvalue weighted by Crippen LogP contribution is -3.11. The van der Waals surface area contributed by atoms with Crippen LogP contribution in [-0.2, 0) is 10.0 Å². The van der Waals surface area contributed by atoms with E-state index < -0.39 is 10.0 Å². The zero-order valence-electron chi connectivity index (χ0n) is 16.7. The SMILES string of the molecule is COc1ccc(S(=O)(=O)N2c3ccc(C)cc3[C@H]3C[NH+](C)CC[C@@H]32)cc1OC. The van der Waals surface area contributed by atoms with Crippen LogP contribution in [0.3, 0.4) is 0 Å². The molecule has 0 bridgehead atoms. The van der Waals surface area contributed by atoms with Gasteiger partial charge in [-0.15, -0.1) is 0 Å². The van der Waals surface area contributed by atoms with Crippen molar-refractivity contribution in [3.8, 4) is 11.5 Å². The molecule has 28 heavy (non-hydrogen) atoms. The van der Waals surface area contributed by atoms with E-state index in [9.17, 15) is 8.42 Å². The minimum atomic E-state index is -3.72. The number of hydrogen-bond donors (Lipinski definition) is 1. The van der Waals surface area contributed by atoms with Crippen LogP contribution in [0.5, 0.6) is 11.5 Å². The van der Waals surface area contributed by atoms with E-state index in [-0.39, 0.29) is 16.9 Å². The second-order valence-electron chi connectivity index (χ2n) is 7.75. The van der Waals surface area contributed by atoms with Gasteiger partial charge >= 0.3 is 0 Å². The van der Waals surface area contributed by atoms with E-state index in [0.717, 1.165) is 36.3 Å². The molecular formula is C21H27N2O4S+. The molecule has 0 aromatic heterocycles. The smallest absolute Gasteiger partial charge is 0.264 e. The molecule has 1 fully saturated rings. The van der Waals surface area contributed by atoms with Gasteiger partial charge in [0.1, 0.15) is 0 Å². The number of hydrogen-bond acceptors (Lipinski definition) is 4. The van der Waals surface area contributed by atoms with Crippen LogP contribution in [0.2, 0.25) is 0 Å². The molecule has 7 heteroatoms. The highest BCUT2D eigenvalue weighted by molar-refractivity contribution is 7.92. The minimum Gasteiger partial charge on any atom is -0.493 e. The Kier molecular flexibility index (Phi) is 4.75. The molecule has 0 spiro atoms. The summed E-state index contributed by atoms with van der Waals surface area (Å²) in [7, 11) is 1.51. The van der Waals surface area contributed by atoms with E-state index in [2.05, 4.69) is 20.0 Å². The third-order valence-electron chi connectivity index (χ3n) is 5.93. The summed E-state index contributed by atoms with van der Waals surface area (Å²) in [5, 5.41) is 0. The molecule has 0 amide bonds. The van der Waals surface area contributed by atoms with Crippen molar-refractivity contribution < 1.29 is 22.8 Å². The van der Waals surface area contributed by atoms with Crippen molar-refractivity contribution in [3.05, 3.63) is 47.5 Å². The van der Waals surface area contributed by atoms with E-state index >= 15 is 0 Å². The topological polar surface area (TPSA) is 60.3 Å². The number of nitrogens with zero attached hydrogens (tertiary/aromatic N) is 1. The van der Waals surface area contributed by atoms with Crippen LogP contribution < -0.4 is 18.7 Å². The van der Waals surface area contributed by atoms with Gasteiger partial charge in [0.15, 0.2) is 11.5 Å². The predicted octanol–water partition coefficient (Wildman–Crippen LogP) is 1.59. The van der Waals surface area contributed by atoms with Gasteiger partial charge in [-0.1, -0.05) is 17.7 Å². The summed E-state index contributed by atoms with van der Waals surface area (Å²) in [6.45, 7) is 3.96. The highest BCUT2D eigenvalue weighted by atomic mass is 32.2. The monoisotopic (exact) mass is 403 g/mol. The van der Waals surface area contributed by atoms with Crippen molar-refractivity contribution in [3.63, 3.8) is 0 Å². The Bertz CT molecular complexity index is 1010. The summed E-state index contributed by atoms with van der Waals surface area (Å²) in [5.74, 6) is 1.15. The minimum absolute atomic E-state index is 0.0430. The van der Waals surface area contributed by atoms with Crippen molar-refractivity contribution in [1.82, 2.24) is 0 Å². The highest BCUT2D eigenvalue weighted by Crippen LogP contribution is 2.46. The van der Waals surface area contributed by atoms with Crippen LogP contribution in [0.1, 0.15) is 23.5 Å². The Morgan fingerprint density at radius 3 is 2.54 bits per heavy atom. The third kappa shape index (κ3) is 2.93. The first-order valence-corrected chi connectivity index (χ1v) is 11.0. The van der Waals surface area contributed by atoms with Crippen molar-refractivity contribution in [2.24, 2.45) is 0 Å². The van der Waals surface area contributed by atoms with Crippen LogP contribution in [0.4, 0.5) is 5.69 Å². The Morgan fingerprint density at radius 1 is 1.07 bits per heavy atom. The summed E-state index contributed by atoms with van der Waals surface area (Å²) in [5.41, 5.74) is 3.12. The lowest BCUT2D eigenvalue weighted by atomic mass is 9.89. The van der Waals surface area contributed by atoms with E-state index in [0.29, 0.717) is 11.5 Å². The zero-order chi connectivity index (χ0) is 20.1. The summed E-state index contributed by atoms with van der Waals surface area (Å²) >= 11 is 0. The van der Waals surface area contributed by atoms with Gasteiger partial charge < -0.3 is 14.4 Å². The van der Waals surface area contributed by atoms with Crippen LogP contribution in [0, 0.1) is 6.92 Å². The number of benzene rings is 2. The quantitative estimate of drug-likeness (QED) is 0.842. The first-order valence-electron chi connectivity index (χ1n) is 9.55. The number of ether oxygens (including phenoxy) is 2. The molecule has 1 unspecified atom stereocenters. The molecule has 1 saturated heterocycles. The number of piperidine rings is 1. The van der Waals surface area contributed by atoms with Crippen LogP contribution in [0.15, 0.2) is 41.3 Å². The highest BCUT2D eigenvalue weighted by Gasteiger charge is 2.48. The lowest BCUT2D eigenvalue weighted by Gasteiger charge is -2.34.